The van der Waals surface area contributed by atoms with Gasteiger partial charge in [-0.3, -0.25) is 9.78 Å². The van der Waals surface area contributed by atoms with E-state index >= 15 is 0 Å². The number of aliphatic hydroxyl groups excluding tert-OH is 1. The first kappa shape index (κ1) is 22.0. The number of nitrogens with zero attached hydrogens (tertiary/aromatic N) is 4. The van der Waals surface area contributed by atoms with E-state index in [1.165, 1.54) is 11.1 Å². The van der Waals surface area contributed by atoms with Gasteiger partial charge in [-0.05, 0) is 61.4 Å². The van der Waals surface area contributed by atoms with Crippen LogP contribution in [-0.2, 0) is 19.3 Å². The van der Waals surface area contributed by atoms with Crippen LogP contribution in [-0.4, -0.2) is 49.5 Å². The number of piperidine rings is 1. The van der Waals surface area contributed by atoms with E-state index in [-0.39, 0.29) is 11.3 Å². The number of hydrogen-bond donors (Lipinski definition) is 1. The van der Waals surface area contributed by atoms with E-state index in [1.807, 2.05) is 29.8 Å². The molecule has 1 spiro atoms. The molecule has 1 N–H and O–H groups in total. The molecule has 178 valence electrons. The number of rotatable bonds is 3. The number of hydrogen-bond acceptors (Lipinski definition) is 4. The molecule has 1 unspecified atom stereocenters. The minimum atomic E-state index is -0.545. The number of carbonyl (C=O) groups is 1. The molecule has 6 heteroatoms. The number of aryl methyl sites for hydroxylation is 2. The van der Waals surface area contributed by atoms with Crippen LogP contribution >= 0.6 is 0 Å². The van der Waals surface area contributed by atoms with E-state index in [1.54, 1.807) is 11.1 Å². The second-order valence-electron chi connectivity index (χ2n) is 10.1. The molecule has 1 fully saturated rings. The van der Waals surface area contributed by atoms with Crippen molar-refractivity contribution in [2.75, 3.05) is 13.1 Å². The van der Waals surface area contributed by atoms with Gasteiger partial charge in [-0.1, -0.05) is 37.3 Å². The van der Waals surface area contributed by atoms with Gasteiger partial charge < -0.3 is 14.4 Å². The zero-order chi connectivity index (χ0) is 24.2. The maximum absolute atomic E-state index is 13.5. The molecule has 1 amide bonds. The number of imidazole rings is 1. The molecule has 1 saturated heterocycles. The number of likely N-dealkylation sites (tertiary alicyclic amines) is 1. The molecule has 1 aliphatic heterocycles. The fraction of sp³-hybridized carbons (Fsp3) is 0.345. The maximum atomic E-state index is 13.5. The minimum absolute atomic E-state index is 0.112. The molecule has 4 aromatic rings. The van der Waals surface area contributed by atoms with Crippen molar-refractivity contribution in [3.63, 3.8) is 0 Å². The van der Waals surface area contributed by atoms with Crippen LogP contribution in [0.4, 0.5) is 0 Å². The van der Waals surface area contributed by atoms with E-state index < -0.39 is 6.10 Å². The van der Waals surface area contributed by atoms with Crippen molar-refractivity contribution in [3.05, 3.63) is 89.1 Å². The van der Waals surface area contributed by atoms with Crippen LogP contribution in [0.15, 0.2) is 61.1 Å². The Kier molecular flexibility index (Phi) is 5.22. The van der Waals surface area contributed by atoms with Gasteiger partial charge in [0.05, 0.1) is 6.10 Å². The average Bonchev–Trinajstić information content (AvgIpc) is 3.47. The predicted octanol–water partition coefficient (Wildman–Crippen LogP) is 4.26. The van der Waals surface area contributed by atoms with E-state index in [0.717, 1.165) is 53.7 Å². The van der Waals surface area contributed by atoms with E-state index in [2.05, 4.69) is 48.3 Å². The van der Waals surface area contributed by atoms with Crippen LogP contribution in [0, 0.1) is 12.3 Å². The number of fused-ring (bicyclic) bond motifs is 2. The number of carbonyl (C=O) groups excluding carboxylic acids is 1. The van der Waals surface area contributed by atoms with Crippen molar-refractivity contribution in [1.29, 1.82) is 0 Å². The molecule has 6 nitrogen and oxygen atoms in total. The lowest BCUT2D eigenvalue weighted by molar-refractivity contribution is -0.0334. The van der Waals surface area contributed by atoms with Crippen molar-refractivity contribution in [3.8, 4) is 11.1 Å². The number of β-amino-alcohol motifs (C(OH)–C–C–N with tert-alkyl or cyclic N) is 1. The van der Waals surface area contributed by atoms with Gasteiger partial charge in [0.2, 0.25) is 0 Å². The third kappa shape index (κ3) is 3.64. The van der Waals surface area contributed by atoms with E-state index in [9.17, 15) is 9.90 Å². The molecule has 0 bridgehead atoms. The van der Waals surface area contributed by atoms with Gasteiger partial charge in [-0.25, -0.2) is 4.98 Å². The molecule has 0 saturated carbocycles. The van der Waals surface area contributed by atoms with Crippen LogP contribution in [0.1, 0.15) is 46.2 Å². The van der Waals surface area contributed by atoms with Gasteiger partial charge >= 0.3 is 0 Å². The number of aliphatic hydroxyl groups is 1. The molecule has 1 atom stereocenters. The highest BCUT2D eigenvalue weighted by Gasteiger charge is 2.47. The lowest BCUT2D eigenvalue weighted by atomic mass is 9.73. The fourth-order valence-corrected chi connectivity index (χ4v) is 5.97. The predicted molar refractivity (Wildman–Crippen MR) is 135 cm³/mol. The number of pyridine rings is 2. The number of aromatic nitrogens is 3. The summed E-state index contributed by atoms with van der Waals surface area (Å²) in [5.41, 5.74) is 7.93. The molecule has 2 aliphatic rings. The monoisotopic (exact) mass is 466 g/mol. The second-order valence-corrected chi connectivity index (χ2v) is 10.1. The van der Waals surface area contributed by atoms with Crippen molar-refractivity contribution >= 4 is 11.6 Å². The highest BCUT2D eigenvalue weighted by atomic mass is 16.3. The lowest BCUT2D eigenvalue weighted by Crippen LogP contribution is -2.53. The Morgan fingerprint density at radius 2 is 1.91 bits per heavy atom. The quantitative estimate of drug-likeness (QED) is 0.490. The second kappa shape index (κ2) is 8.31. The molecule has 0 radical (unpaired) electrons. The summed E-state index contributed by atoms with van der Waals surface area (Å²) in [6, 6.07) is 14.6. The molecular weight excluding hydrogens is 436 g/mol. The minimum Gasteiger partial charge on any atom is -0.391 e. The van der Waals surface area contributed by atoms with Crippen molar-refractivity contribution < 1.29 is 9.90 Å². The van der Waals surface area contributed by atoms with Crippen molar-refractivity contribution in [2.45, 2.75) is 45.6 Å². The summed E-state index contributed by atoms with van der Waals surface area (Å²) in [5, 5.41) is 11.2. The first-order chi connectivity index (χ1) is 17.0. The van der Waals surface area contributed by atoms with Crippen LogP contribution in [0.2, 0.25) is 0 Å². The summed E-state index contributed by atoms with van der Waals surface area (Å²) in [5.74, 6) is -0.112. The van der Waals surface area contributed by atoms with Gasteiger partial charge in [-0.2, -0.15) is 0 Å². The van der Waals surface area contributed by atoms with Gasteiger partial charge in [0.25, 0.3) is 5.91 Å². The molecule has 6 rings (SSSR count). The number of benzene rings is 1. The fourth-order valence-electron chi connectivity index (χ4n) is 5.97. The Morgan fingerprint density at radius 3 is 2.60 bits per heavy atom. The van der Waals surface area contributed by atoms with Crippen LogP contribution < -0.4 is 0 Å². The van der Waals surface area contributed by atoms with Gasteiger partial charge in [-0.15, -0.1) is 0 Å². The molecule has 3 aromatic heterocycles. The Labute approximate surface area is 205 Å². The van der Waals surface area contributed by atoms with Gasteiger partial charge in [0.1, 0.15) is 11.3 Å². The Bertz CT molecular complexity index is 1410. The Morgan fingerprint density at radius 1 is 1.14 bits per heavy atom. The van der Waals surface area contributed by atoms with Crippen LogP contribution in [0.3, 0.4) is 0 Å². The standard InChI is InChI=1S/C29H30N4O2/c1-3-20-13-23(24-9-6-11-30-19(24)2)16-33-17-25(31-27(20)33)28(35)32-12-10-29(26(34)18-32)14-21-7-4-5-8-22(21)15-29/h4-9,11,13,16-17,26,34H,3,10,12,14-15,18H2,1-2H3. The highest BCUT2D eigenvalue weighted by molar-refractivity contribution is 5.93. The summed E-state index contributed by atoms with van der Waals surface area (Å²) in [7, 11) is 0. The van der Waals surface area contributed by atoms with Crippen LogP contribution in [0.25, 0.3) is 16.8 Å². The maximum Gasteiger partial charge on any atom is 0.274 e. The van der Waals surface area contributed by atoms with Crippen LogP contribution in [0.5, 0.6) is 0 Å². The largest absolute Gasteiger partial charge is 0.391 e. The zero-order valence-corrected chi connectivity index (χ0v) is 20.2. The summed E-state index contributed by atoms with van der Waals surface area (Å²) in [6.45, 7) is 5.09. The summed E-state index contributed by atoms with van der Waals surface area (Å²) >= 11 is 0. The average molecular weight is 467 g/mol. The lowest BCUT2D eigenvalue weighted by Gasteiger charge is -2.43. The van der Waals surface area contributed by atoms with E-state index in [0.29, 0.717) is 18.8 Å². The molecule has 1 aromatic carbocycles. The molecule has 4 heterocycles. The normalized spacial score (nSPS) is 18.8. The number of amides is 1. The van der Waals surface area contributed by atoms with Crippen molar-refractivity contribution in [1.82, 2.24) is 19.3 Å². The summed E-state index contributed by atoms with van der Waals surface area (Å²) < 4.78 is 1.96. The highest BCUT2D eigenvalue weighted by Crippen LogP contribution is 2.44. The molecule has 1 aliphatic carbocycles. The van der Waals surface area contributed by atoms with Gasteiger partial charge in [0.15, 0.2) is 0 Å². The smallest absolute Gasteiger partial charge is 0.274 e. The molecular formula is C29H30N4O2. The first-order valence-corrected chi connectivity index (χ1v) is 12.5. The zero-order valence-electron chi connectivity index (χ0n) is 20.2. The third-order valence-corrected chi connectivity index (χ3v) is 8.02. The van der Waals surface area contributed by atoms with E-state index in [4.69, 9.17) is 4.98 Å². The Balaban J connectivity index is 1.27. The van der Waals surface area contributed by atoms with Gasteiger partial charge in [0, 0.05) is 53.9 Å². The Hall–Kier alpha value is -3.51. The summed E-state index contributed by atoms with van der Waals surface area (Å²) in [4.78, 5) is 24.4. The first-order valence-electron chi connectivity index (χ1n) is 12.5. The third-order valence-electron chi connectivity index (χ3n) is 8.02. The van der Waals surface area contributed by atoms with Crippen molar-refractivity contribution in [2.24, 2.45) is 5.41 Å². The summed E-state index contributed by atoms with van der Waals surface area (Å²) in [6.07, 6.45) is 8.49. The SMILES string of the molecule is CCc1cc(-c2cccnc2C)cn2cc(C(=O)N3CCC4(Cc5ccccc5C4)C(O)C3)nc12. The topological polar surface area (TPSA) is 70.7 Å². The molecule has 35 heavy (non-hydrogen) atoms.